The molecule has 2 N–H and O–H groups in total. The van der Waals surface area contributed by atoms with Crippen LogP contribution in [-0.4, -0.2) is 54.6 Å². The van der Waals surface area contributed by atoms with Gasteiger partial charge in [-0.15, -0.1) is 0 Å². The summed E-state index contributed by atoms with van der Waals surface area (Å²) in [6.07, 6.45) is 8.59. The maximum absolute atomic E-state index is 8.90. The minimum absolute atomic E-state index is 0.636. The molecule has 21 heavy (non-hydrogen) atoms. The molecule has 2 rings (SSSR count). The molecule has 2 saturated heterocycles. The van der Waals surface area contributed by atoms with Gasteiger partial charge in [-0.1, -0.05) is 0 Å². The van der Waals surface area contributed by atoms with Crippen molar-refractivity contribution in [3.8, 4) is 6.07 Å². The fraction of sp³-hybridized carbons (Fsp3) is 0.941. The van der Waals surface area contributed by atoms with Crippen LogP contribution >= 0.6 is 0 Å². The van der Waals surface area contributed by atoms with Crippen LogP contribution in [-0.2, 0) is 0 Å². The van der Waals surface area contributed by atoms with Crippen LogP contribution in [0.4, 0.5) is 0 Å². The van der Waals surface area contributed by atoms with Crippen molar-refractivity contribution in [2.75, 3.05) is 39.3 Å². The summed E-state index contributed by atoms with van der Waals surface area (Å²) in [6, 6.07) is 2.18. The summed E-state index contributed by atoms with van der Waals surface area (Å²) in [4.78, 5) is 5.25. The molecule has 0 spiro atoms. The lowest BCUT2D eigenvalue weighted by Crippen LogP contribution is -2.38. The fourth-order valence-corrected chi connectivity index (χ4v) is 3.61. The van der Waals surface area contributed by atoms with E-state index >= 15 is 0 Å². The van der Waals surface area contributed by atoms with Crippen molar-refractivity contribution >= 4 is 0 Å². The molecule has 2 fully saturated rings. The second-order valence-electron chi connectivity index (χ2n) is 7.28. The van der Waals surface area contributed by atoms with Crippen LogP contribution in [0.25, 0.3) is 0 Å². The van der Waals surface area contributed by atoms with E-state index in [0.717, 1.165) is 18.8 Å². The van der Waals surface area contributed by atoms with Gasteiger partial charge in [0.2, 0.25) is 0 Å². The molecule has 0 aromatic heterocycles. The van der Waals surface area contributed by atoms with Crippen LogP contribution in [0.5, 0.6) is 0 Å². The molecule has 4 nitrogen and oxygen atoms in total. The van der Waals surface area contributed by atoms with Crippen LogP contribution < -0.4 is 5.73 Å². The normalized spacial score (nSPS) is 24.8. The Labute approximate surface area is 130 Å². The van der Waals surface area contributed by atoms with Crippen molar-refractivity contribution in [3.63, 3.8) is 0 Å². The van der Waals surface area contributed by atoms with Crippen LogP contribution in [0.1, 0.15) is 51.9 Å². The quantitative estimate of drug-likeness (QED) is 0.731. The fourth-order valence-electron chi connectivity index (χ4n) is 3.61. The Morgan fingerprint density at radius 3 is 2.38 bits per heavy atom. The van der Waals surface area contributed by atoms with E-state index in [1.165, 1.54) is 71.4 Å². The number of hydrogen-bond acceptors (Lipinski definition) is 4. The Balaban J connectivity index is 1.54. The number of rotatable bonds is 7. The lowest BCUT2D eigenvalue weighted by atomic mass is 9.95. The van der Waals surface area contributed by atoms with Crippen molar-refractivity contribution in [1.29, 1.82) is 5.26 Å². The first-order valence-corrected chi connectivity index (χ1v) is 8.74. The maximum atomic E-state index is 8.90. The maximum Gasteiger partial charge on any atom is 0.101 e. The average molecular weight is 292 g/mol. The predicted molar refractivity (Wildman–Crippen MR) is 86.9 cm³/mol. The minimum Gasteiger partial charge on any atom is -0.314 e. The van der Waals surface area contributed by atoms with Crippen LogP contribution in [0, 0.1) is 17.2 Å². The Kier molecular flexibility index (Phi) is 6.47. The molecular formula is C17H32N4. The van der Waals surface area contributed by atoms with E-state index in [2.05, 4.69) is 15.9 Å². The van der Waals surface area contributed by atoms with Gasteiger partial charge in [-0.2, -0.15) is 5.26 Å². The zero-order valence-electron chi connectivity index (χ0n) is 13.7. The first-order valence-electron chi connectivity index (χ1n) is 8.74. The number of piperidine rings is 1. The molecule has 2 aliphatic rings. The summed E-state index contributed by atoms with van der Waals surface area (Å²) in [5.74, 6) is 0.922. The molecule has 4 heteroatoms. The van der Waals surface area contributed by atoms with E-state index in [9.17, 15) is 0 Å². The second kappa shape index (κ2) is 8.12. The molecular weight excluding hydrogens is 260 g/mol. The van der Waals surface area contributed by atoms with Gasteiger partial charge in [0.1, 0.15) is 5.54 Å². The van der Waals surface area contributed by atoms with E-state index in [1.807, 2.05) is 6.92 Å². The monoisotopic (exact) mass is 292 g/mol. The minimum atomic E-state index is -0.636. The second-order valence-corrected chi connectivity index (χ2v) is 7.28. The van der Waals surface area contributed by atoms with Crippen LogP contribution in [0.2, 0.25) is 0 Å². The van der Waals surface area contributed by atoms with Gasteiger partial charge in [-0.25, -0.2) is 0 Å². The van der Waals surface area contributed by atoms with E-state index in [0.29, 0.717) is 0 Å². The Morgan fingerprint density at radius 1 is 1.10 bits per heavy atom. The predicted octanol–water partition coefficient (Wildman–Crippen LogP) is 2.21. The number of hydrogen-bond donors (Lipinski definition) is 1. The molecule has 120 valence electrons. The van der Waals surface area contributed by atoms with Gasteiger partial charge in [0, 0.05) is 6.54 Å². The highest BCUT2D eigenvalue weighted by molar-refractivity contribution is 5.00. The van der Waals surface area contributed by atoms with Gasteiger partial charge in [-0.05, 0) is 90.5 Å². The Morgan fingerprint density at radius 2 is 1.76 bits per heavy atom. The van der Waals surface area contributed by atoms with Gasteiger partial charge < -0.3 is 15.5 Å². The van der Waals surface area contributed by atoms with Gasteiger partial charge in [0.25, 0.3) is 0 Å². The van der Waals surface area contributed by atoms with Gasteiger partial charge in [0.05, 0.1) is 6.07 Å². The third-order valence-electron chi connectivity index (χ3n) is 5.10. The van der Waals surface area contributed by atoms with Crippen molar-refractivity contribution < 1.29 is 0 Å². The summed E-state index contributed by atoms with van der Waals surface area (Å²) in [5.41, 5.74) is 5.22. The highest BCUT2D eigenvalue weighted by Crippen LogP contribution is 2.21. The number of likely N-dealkylation sites (tertiary alicyclic amines) is 2. The van der Waals surface area contributed by atoms with Gasteiger partial charge >= 0.3 is 0 Å². The van der Waals surface area contributed by atoms with Crippen LogP contribution in [0.15, 0.2) is 0 Å². The van der Waals surface area contributed by atoms with Crippen molar-refractivity contribution in [3.05, 3.63) is 0 Å². The molecule has 0 saturated carbocycles. The topological polar surface area (TPSA) is 56.3 Å². The molecule has 0 bridgehead atoms. The zero-order chi connectivity index (χ0) is 15.1. The zero-order valence-corrected chi connectivity index (χ0v) is 13.7. The summed E-state index contributed by atoms with van der Waals surface area (Å²) >= 11 is 0. The number of nitrogens with zero attached hydrogens (tertiary/aromatic N) is 3. The summed E-state index contributed by atoms with van der Waals surface area (Å²) in [5, 5.41) is 8.90. The molecule has 0 aromatic rings. The van der Waals surface area contributed by atoms with Gasteiger partial charge in [0.15, 0.2) is 0 Å². The van der Waals surface area contributed by atoms with E-state index in [1.54, 1.807) is 0 Å². The first-order chi connectivity index (χ1) is 10.1. The molecule has 1 atom stereocenters. The molecule has 2 heterocycles. The Bertz CT molecular complexity index is 333. The highest BCUT2D eigenvalue weighted by Gasteiger charge is 2.22. The SMILES string of the molecule is CC(N)(C#N)CCCCN1CCC(CN2CCCC2)CC1. The van der Waals surface area contributed by atoms with Gasteiger partial charge in [-0.3, -0.25) is 0 Å². The van der Waals surface area contributed by atoms with Crippen molar-refractivity contribution in [2.45, 2.75) is 57.4 Å². The molecule has 0 aliphatic carbocycles. The standard InChI is InChI=1S/C17H32N4/c1-17(19,15-18)8-2-3-9-20-12-6-16(7-13-20)14-21-10-4-5-11-21/h16H,2-14,19H2,1H3. The van der Waals surface area contributed by atoms with Crippen molar-refractivity contribution in [2.24, 2.45) is 11.7 Å². The largest absolute Gasteiger partial charge is 0.314 e. The molecule has 0 radical (unpaired) electrons. The number of nitrogens with two attached hydrogens (primary N) is 1. The average Bonchev–Trinajstić information content (AvgIpc) is 2.98. The third kappa shape index (κ3) is 5.94. The lowest BCUT2D eigenvalue weighted by Gasteiger charge is -2.34. The summed E-state index contributed by atoms with van der Waals surface area (Å²) in [7, 11) is 0. The smallest absolute Gasteiger partial charge is 0.101 e. The molecule has 1 unspecified atom stereocenters. The third-order valence-corrected chi connectivity index (χ3v) is 5.10. The Hall–Kier alpha value is -0.630. The first kappa shape index (κ1) is 16.7. The summed E-state index contributed by atoms with van der Waals surface area (Å²) in [6.45, 7) is 9.53. The van der Waals surface area contributed by atoms with E-state index in [-0.39, 0.29) is 0 Å². The molecule has 2 aliphatic heterocycles. The summed E-state index contributed by atoms with van der Waals surface area (Å²) < 4.78 is 0. The van der Waals surface area contributed by atoms with Crippen molar-refractivity contribution in [1.82, 2.24) is 9.80 Å². The van der Waals surface area contributed by atoms with Crippen LogP contribution in [0.3, 0.4) is 0 Å². The number of nitriles is 1. The highest BCUT2D eigenvalue weighted by atomic mass is 15.2. The van der Waals surface area contributed by atoms with E-state index < -0.39 is 5.54 Å². The number of unbranched alkanes of at least 4 members (excludes halogenated alkanes) is 1. The molecule has 0 amide bonds. The molecule has 0 aromatic carbocycles. The van der Waals surface area contributed by atoms with E-state index in [4.69, 9.17) is 11.0 Å². The lowest BCUT2D eigenvalue weighted by molar-refractivity contribution is 0.152.